The molecule has 1 saturated heterocycles. The molecular weight excluding hydrogens is 516 g/mol. The average molecular weight is 533 g/mol. The number of para-hydroxylation sites is 1. The minimum absolute atomic E-state index is 0.00402. The van der Waals surface area contributed by atoms with E-state index in [2.05, 4.69) is 5.32 Å². The van der Waals surface area contributed by atoms with Crippen LogP contribution in [0.25, 0.3) is 17.2 Å². The molecule has 1 aliphatic rings. The Hall–Kier alpha value is -3.99. The van der Waals surface area contributed by atoms with E-state index >= 15 is 0 Å². The number of carbonyl (C=O) groups is 2. The molecule has 7 nitrogen and oxygen atoms in total. The van der Waals surface area contributed by atoms with E-state index in [1.807, 2.05) is 30.3 Å². The zero-order valence-electron chi connectivity index (χ0n) is 18.4. The molecule has 1 N–H and O–H groups in total. The highest BCUT2D eigenvalue weighted by Gasteiger charge is 2.37. The summed E-state index contributed by atoms with van der Waals surface area (Å²) in [6.45, 7) is 0. The van der Waals surface area contributed by atoms with Crippen LogP contribution in [0.4, 0.5) is 5.00 Å². The highest BCUT2D eigenvalue weighted by molar-refractivity contribution is 7.80. The first-order chi connectivity index (χ1) is 17.4. The monoisotopic (exact) mass is 532 g/mol. The van der Waals surface area contributed by atoms with Gasteiger partial charge in [0, 0.05) is 5.56 Å². The van der Waals surface area contributed by atoms with Gasteiger partial charge in [-0.1, -0.05) is 53.9 Å². The maximum Gasteiger partial charge on any atom is 0.331 e. The fourth-order valence-corrected chi connectivity index (χ4v) is 5.74. The second kappa shape index (κ2) is 9.94. The summed E-state index contributed by atoms with van der Waals surface area (Å²) < 4.78 is 5.81. The predicted octanol–water partition coefficient (Wildman–Crippen LogP) is 6.37. The van der Waals surface area contributed by atoms with Gasteiger partial charge in [0.1, 0.15) is 11.5 Å². The van der Waals surface area contributed by atoms with Crippen LogP contribution >= 0.6 is 34.9 Å². The van der Waals surface area contributed by atoms with Gasteiger partial charge in [0.2, 0.25) is 0 Å². The summed E-state index contributed by atoms with van der Waals surface area (Å²) in [5, 5.41) is 19.2. The molecule has 10 heteroatoms. The van der Waals surface area contributed by atoms with Gasteiger partial charge < -0.3 is 10.1 Å². The minimum atomic E-state index is -0.840. The van der Waals surface area contributed by atoms with Gasteiger partial charge in [-0.3, -0.25) is 19.7 Å². The average Bonchev–Trinajstić information content (AvgIpc) is 3.53. The minimum Gasteiger partial charge on any atom is -0.457 e. The Morgan fingerprint density at radius 3 is 2.42 bits per heavy atom. The molecule has 36 heavy (non-hydrogen) atoms. The smallest absolute Gasteiger partial charge is 0.331 e. The Kier molecular flexibility index (Phi) is 6.55. The van der Waals surface area contributed by atoms with Crippen molar-refractivity contribution in [2.45, 2.75) is 5.92 Å². The highest BCUT2D eigenvalue weighted by Crippen LogP contribution is 2.39. The molecule has 2 aromatic heterocycles. The molecule has 178 valence electrons. The van der Waals surface area contributed by atoms with Crippen LogP contribution in [0.2, 0.25) is 0 Å². The van der Waals surface area contributed by atoms with Crippen LogP contribution in [-0.2, 0) is 9.59 Å². The number of nitrogens with zero attached hydrogens (tertiary/aromatic N) is 1. The fraction of sp³-hybridized carbons (Fsp3) is 0.0385. The van der Waals surface area contributed by atoms with Crippen molar-refractivity contribution in [3.63, 3.8) is 0 Å². The first-order valence-corrected chi connectivity index (χ1v) is 12.9. The first kappa shape index (κ1) is 23.7. The normalized spacial score (nSPS) is 16.7. The Balaban J connectivity index is 1.45. The van der Waals surface area contributed by atoms with Gasteiger partial charge in [0.15, 0.2) is 5.78 Å². The van der Waals surface area contributed by atoms with Crippen LogP contribution in [0.15, 0.2) is 82.4 Å². The molecule has 1 unspecified atom stereocenters. The fourth-order valence-electron chi connectivity index (χ4n) is 3.87. The van der Waals surface area contributed by atoms with Gasteiger partial charge in [0.25, 0.3) is 5.91 Å². The summed E-state index contributed by atoms with van der Waals surface area (Å²) in [5.41, 5.74) is 2.15. The Morgan fingerprint density at radius 2 is 1.69 bits per heavy atom. The topological polar surface area (TPSA) is 98.5 Å². The quantitative estimate of drug-likeness (QED) is 0.102. The number of piperidine rings is 1. The summed E-state index contributed by atoms with van der Waals surface area (Å²) in [5.74, 6) is -0.587. The second-order valence-electron chi connectivity index (χ2n) is 7.80. The number of amides is 1. The van der Waals surface area contributed by atoms with Crippen molar-refractivity contribution < 1.29 is 19.2 Å². The van der Waals surface area contributed by atoms with E-state index in [0.29, 0.717) is 33.8 Å². The Morgan fingerprint density at radius 1 is 0.972 bits per heavy atom. The molecule has 0 spiro atoms. The van der Waals surface area contributed by atoms with Crippen LogP contribution < -0.4 is 10.1 Å². The van der Waals surface area contributed by atoms with E-state index in [9.17, 15) is 19.7 Å². The lowest BCUT2D eigenvalue weighted by atomic mass is 9.86. The molecule has 1 amide bonds. The van der Waals surface area contributed by atoms with Gasteiger partial charge in [-0.05, 0) is 63.7 Å². The van der Waals surface area contributed by atoms with Crippen LogP contribution in [0.5, 0.6) is 11.5 Å². The number of thiocarbonyl (C=S) groups is 1. The standard InChI is InChI=1S/C26H16N2O5S3/c29-23-20(12-16-13-35-14-21(16)19-10-11-36-26(19)28(31)32)24(30)27-25(34)22(23)15-6-8-18(9-7-15)33-17-4-2-1-3-5-17/h1-14,22H,(H,27,30,34)/b20-12+. The number of thiophene rings is 2. The number of hydrogen-bond donors (Lipinski definition) is 1. The summed E-state index contributed by atoms with van der Waals surface area (Å²) in [6, 6.07) is 17.9. The number of Topliss-reactive ketones (excluding diaryl/α,β-unsaturated/α-hetero) is 1. The molecule has 5 rings (SSSR count). The predicted molar refractivity (Wildman–Crippen MR) is 144 cm³/mol. The first-order valence-electron chi connectivity index (χ1n) is 10.6. The molecule has 4 aromatic rings. The molecule has 0 saturated carbocycles. The lowest BCUT2D eigenvalue weighted by Crippen LogP contribution is -2.45. The zero-order valence-corrected chi connectivity index (χ0v) is 20.8. The van der Waals surface area contributed by atoms with Gasteiger partial charge in [0.05, 0.1) is 27.0 Å². The SMILES string of the molecule is O=C1NC(=S)C(c2ccc(Oc3ccccc3)cc2)C(=O)/C1=C\c1cscc1-c1ccsc1[N+](=O)[O-]. The molecule has 3 heterocycles. The van der Waals surface area contributed by atoms with E-state index in [4.69, 9.17) is 17.0 Å². The summed E-state index contributed by atoms with van der Waals surface area (Å²) in [7, 11) is 0. The molecule has 0 bridgehead atoms. The highest BCUT2D eigenvalue weighted by atomic mass is 32.1. The van der Waals surface area contributed by atoms with Gasteiger partial charge in [-0.2, -0.15) is 11.3 Å². The number of nitro groups is 1. The maximum atomic E-state index is 13.5. The molecule has 0 radical (unpaired) electrons. The van der Waals surface area contributed by atoms with Gasteiger partial charge in [-0.25, -0.2) is 0 Å². The van der Waals surface area contributed by atoms with Crippen molar-refractivity contribution >= 4 is 62.6 Å². The Labute approximate surface area is 218 Å². The van der Waals surface area contributed by atoms with Crippen molar-refractivity contribution in [1.29, 1.82) is 0 Å². The van der Waals surface area contributed by atoms with E-state index < -0.39 is 22.5 Å². The number of rotatable bonds is 6. The Bertz CT molecular complexity index is 1520. The van der Waals surface area contributed by atoms with E-state index in [1.54, 1.807) is 46.5 Å². The largest absolute Gasteiger partial charge is 0.457 e. The van der Waals surface area contributed by atoms with Crippen molar-refractivity contribution in [3.05, 3.63) is 104 Å². The zero-order chi connectivity index (χ0) is 25.2. The van der Waals surface area contributed by atoms with E-state index in [-0.39, 0.29) is 15.6 Å². The number of ketones is 1. The molecular formula is C26H16N2O5S3. The molecule has 1 aliphatic heterocycles. The van der Waals surface area contributed by atoms with E-state index in [0.717, 1.165) is 11.3 Å². The lowest BCUT2D eigenvalue weighted by molar-refractivity contribution is -0.379. The summed E-state index contributed by atoms with van der Waals surface area (Å²) in [4.78, 5) is 37.3. The van der Waals surface area contributed by atoms with Crippen LogP contribution in [0.1, 0.15) is 17.0 Å². The lowest BCUT2D eigenvalue weighted by Gasteiger charge is -2.25. The number of hydrogen-bond acceptors (Lipinski definition) is 8. The second-order valence-corrected chi connectivity index (χ2v) is 9.87. The summed E-state index contributed by atoms with van der Waals surface area (Å²) >= 11 is 7.71. The van der Waals surface area contributed by atoms with Crippen molar-refractivity contribution in [1.82, 2.24) is 5.32 Å². The van der Waals surface area contributed by atoms with Gasteiger partial charge in [-0.15, -0.1) is 0 Å². The van der Waals surface area contributed by atoms with Crippen LogP contribution in [0.3, 0.4) is 0 Å². The van der Waals surface area contributed by atoms with Crippen LogP contribution in [0, 0.1) is 10.1 Å². The van der Waals surface area contributed by atoms with Crippen molar-refractivity contribution in [3.8, 4) is 22.6 Å². The van der Waals surface area contributed by atoms with Crippen molar-refractivity contribution in [2.75, 3.05) is 0 Å². The van der Waals surface area contributed by atoms with Gasteiger partial charge >= 0.3 is 5.00 Å². The third-order valence-electron chi connectivity index (χ3n) is 5.56. The molecule has 2 aromatic carbocycles. The third kappa shape index (κ3) is 4.61. The van der Waals surface area contributed by atoms with E-state index in [1.165, 1.54) is 17.4 Å². The number of benzene rings is 2. The molecule has 1 atom stereocenters. The third-order valence-corrected chi connectivity index (χ3v) is 7.52. The molecule has 1 fully saturated rings. The van der Waals surface area contributed by atoms with Crippen molar-refractivity contribution in [2.24, 2.45) is 0 Å². The summed E-state index contributed by atoms with van der Waals surface area (Å²) in [6.07, 6.45) is 1.48. The number of nitrogens with one attached hydrogen (secondary N) is 1. The molecule has 0 aliphatic carbocycles. The number of ether oxygens (including phenoxy) is 1. The maximum absolute atomic E-state index is 13.5. The van der Waals surface area contributed by atoms with Crippen LogP contribution in [-0.4, -0.2) is 21.6 Å². The number of carbonyl (C=O) groups excluding carboxylic acids is 2.